The number of carbonyl (C=O) groups is 3. The van der Waals surface area contributed by atoms with Gasteiger partial charge in [-0.2, -0.15) is 0 Å². The zero-order valence-electron chi connectivity index (χ0n) is 18.3. The fourth-order valence-electron chi connectivity index (χ4n) is 3.39. The van der Waals surface area contributed by atoms with Gasteiger partial charge in [0.15, 0.2) is 0 Å². The number of hydrogen-bond donors (Lipinski definition) is 0. The highest BCUT2D eigenvalue weighted by Crippen LogP contribution is 2.44. The molecule has 0 heterocycles. The summed E-state index contributed by atoms with van der Waals surface area (Å²) in [6.45, 7) is 10.4. The first-order valence-corrected chi connectivity index (χ1v) is 10.3. The van der Waals surface area contributed by atoms with Crippen LogP contribution >= 0.6 is 0 Å². The quantitative estimate of drug-likeness (QED) is 0.193. The first-order valence-electron chi connectivity index (χ1n) is 10.3. The van der Waals surface area contributed by atoms with Crippen molar-refractivity contribution < 1.29 is 28.6 Å². The molecule has 0 atom stereocenters. The van der Waals surface area contributed by atoms with Gasteiger partial charge in [-0.05, 0) is 18.2 Å². The largest absolute Gasteiger partial charge is 0.423 e. The van der Waals surface area contributed by atoms with Crippen LogP contribution in [0.3, 0.4) is 0 Å². The molecule has 0 bridgehead atoms. The predicted octanol–water partition coefficient (Wildman–Crippen LogP) is 5.14. The zero-order valence-corrected chi connectivity index (χ0v) is 18.3. The fraction of sp³-hybridized carbons (Fsp3) is 0.0357. The summed E-state index contributed by atoms with van der Waals surface area (Å²) >= 11 is 0. The van der Waals surface area contributed by atoms with Crippen molar-refractivity contribution in [3.63, 3.8) is 0 Å². The van der Waals surface area contributed by atoms with Crippen molar-refractivity contribution in [2.75, 3.05) is 0 Å². The van der Waals surface area contributed by atoms with Crippen LogP contribution < -0.4 is 14.2 Å². The Labute approximate surface area is 197 Å². The highest BCUT2D eigenvalue weighted by Gasteiger charge is 2.28. The molecule has 0 radical (unpaired) electrons. The third kappa shape index (κ3) is 5.55. The van der Waals surface area contributed by atoms with Crippen molar-refractivity contribution >= 4 is 17.9 Å². The van der Waals surface area contributed by atoms with Gasteiger partial charge < -0.3 is 14.2 Å². The molecule has 170 valence electrons. The molecule has 3 aromatic rings. The van der Waals surface area contributed by atoms with E-state index < -0.39 is 23.8 Å². The van der Waals surface area contributed by atoms with Crippen molar-refractivity contribution in [2.45, 2.75) is 5.92 Å². The number of para-hydroxylation sites is 3. The van der Waals surface area contributed by atoms with Crippen molar-refractivity contribution in [1.29, 1.82) is 0 Å². The lowest BCUT2D eigenvalue weighted by Gasteiger charge is -2.24. The molecule has 0 saturated carbocycles. The molecule has 0 N–H and O–H groups in total. The zero-order chi connectivity index (χ0) is 24.5. The number of hydrogen-bond acceptors (Lipinski definition) is 6. The van der Waals surface area contributed by atoms with Gasteiger partial charge in [-0.25, -0.2) is 14.4 Å². The van der Waals surface area contributed by atoms with Gasteiger partial charge in [-0.3, -0.25) is 0 Å². The van der Waals surface area contributed by atoms with Gasteiger partial charge in [-0.15, -0.1) is 0 Å². The van der Waals surface area contributed by atoms with E-state index in [1.165, 1.54) is 0 Å². The van der Waals surface area contributed by atoms with Crippen molar-refractivity contribution in [2.24, 2.45) is 0 Å². The van der Waals surface area contributed by atoms with Gasteiger partial charge in [0.25, 0.3) is 0 Å². The molecule has 6 heteroatoms. The number of rotatable bonds is 9. The topological polar surface area (TPSA) is 78.9 Å². The van der Waals surface area contributed by atoms with Crippen LogP contribution in [-0.4, -0.2) is 17.9 Å². The molecule has 0 unspecified atom stereocenters. The monoisotopic (exact) mass is 454 g/mol. The van der Waals surface area contributed by atoms with Gasteiger partial charge in [-0.1, -0.05) is 74.3 Å². The van der Waals surface area contributed by atoms with E-state index in [0.717, 1.165) is 18.2 Å². The summed E-state index contributed by atoms with van der Waals surface area (Å²) in [5.41, 5.74) is 1.71. The average Bonchev–Trinajstić information content (AvgIpc) is 2.86. The number of carbonyl (C=O) groups excluding carboxylic acids is 3. The van der Waals surface area contributed by atoms with Crippen molar-refractivity contribution in [3.8, 4) is 17.2 Å². The average molecular weight is 454 g/mol. The molecule has 0 saturated heterocycles. The molecule has 0 amide bonds. The highest BCUT2D eigenvalue weighted by atomic mass is 16.5. The fourth-order valence-corrected chi connectivity index (χ4v) is 3.39. The van der Waals surface area contributed by atoms with E-state index in [2.05, 4.69) is 19.7 Å². The summed E-state index contributed by atoms with van der Waals surface area (Å²) in [5, 5.41) is 0. The minimum Gasteiger partial charge on any atom is -0.423 e. The van der Waals surface area contributed by atoms with E-state index in [-0.39, 0.29) is 17.2 Å². The standard InChI is InChI=1S/C28H22O6/c1-4-25(29)32-22-16-10-7-13-19(22)28(20-14-8-11-17-23(20)33-26(30)5-2)21-15-9-12-18-24(21)34-27(31)6-3/h4-18,28H,1-3H2. The second-order valence-corrected chi connectivity index (χ2v) is 6.92. The van der Waals surface area contributed by atoms with Gasteiger partial charge in [0.05, 0.1) is 0 Å². The molecule has 3 rings (SSSR count). The van der Waals surface area contributed by atoms with E-state index in [9.17, 15) is 14.4 Å². The second-order valence-electron chi connectivity index (χ2n) is 6.92. The molecular weight excluding hydrogens is 432 g/mol. The van der Waals surface area contributed by atoms with Gasteiger partial charge >= 0.3 is 17.9 Å². The van der Waals surface area contributed by atoms with Crippen LogP contribution in [0.25, 0.3) is 0 Å². The van der Waals surface area contributed by atoms with Crippen LogP contribution in [0.1, 0.15) is 22.6 Å². The maximum absolute atomic E-state index is 12.0. The second kappa shape index (κ2) is 11.2. The van der Waals surface area contributed by atoms with Crippen LogP contribution in [0.5, 0.6) is 17.2 Å². The Bertz CT molecular complexity index is 1100. The van der Waals surface area contributed by atoms with Crippen LogP contribution in [0, 0.1) is 0 Å². The summed E-state index contributed by atoms with van der Waals surface area (Å²) in [6, 6.07) is 20.7. The van der Waals surface area contributed by atoms with Gasteiger partial charge in [0.1, 0.15) is 17.2 Å². The molecule has 0 aromatic heterocycles. The van der Waals surface area contributed by atoms with Crippen LogP contribution in [-0.2, 0) is 14.4 Å². The highest BCUT2D eigenvalue weighted by molar-refractivity contribution is 5.85. The summed E-state index contributed by atoms with van der Waals surface area (Å²) in [7, 11) is 0. The SMILES string of the molecule is C=CC(=O)Oc1ccccc1C(c1ccccc1OC(=O)C=C)c1ccccc1OC(=O)C=C. The molecule has 6 nitrogen and oxygen atoms in total. The first kappa shape index (κ1) is 23.9. The normalized spacial score (nSPS) is 10.1. The Balaban J connectivity index is 2.29. The van der Waals surface area contributed by atoms with Crippen molar-refractivity contribution in [1.82, 2.24) is 0 Å². The maximum Gasteiger partial charge on any atom is 0.335 e. The molecule has 0 aliphatic heterocycles. The third-order valence-electron chi connectivity index (χ3n) is 4.82. The molecule has 0 aliphatic rings. The third-order valence-corrected chi connectivity index (χ3v) is 4.82. The number of benzene rings is 3. The lowest BCUT2D eigenvalue weighted by Crippen LogP contribution is -2.14. The number of esters is 3. The van der Waals surface area contributed by atoms with Gasteiger partial charge in [0, 0.05) is 40.8 Å². The summed E-state index contributed by atoms with van der Waals surface area (Å²) in [4.78, 5) is 36.1. The Morgan fingerprint density at radius 1 is 0.529 bits per heavy atom. The van der Waals surface area contributed by atoms with E-state index in [1.54, 1.807) is 72.8 Å². The molecule has 0 spiro atoms. The van der Waals surface area contributed by atoms with Crippen LogP contribution in [0.15, 0.2) is 111 Å². The Hall–Kier alpha value is -4.71. The van der Waals surface area contributed by atoms with Crippen LogP contribution in [0.2, 0.25) is 0 Å². The first-order chi connectivity index (χ1) is 16.5. The number of ether oxygens (including phenoxy) is 3. The summed E-state index contributed by atoms with van der Waals surface area (Å²) in [6.07, 6.45) is 3.18. The van der Waals surface area contributed by atoms with Crippen LogP contribution in [0.4, 0.5) is 0 Å². The molecule has 0 fully saturated rings. The van der Waals surface area contributed by atoms with Crippen molar-refractivity contribution in [3.05, 3.63) is 127 Å². The summed E-state index contributed by atoms with van der Waals surface area (Å²) in [5.74, 6) is -1.75. The molecule has 0 aliphatic carbocycles. The Morgan fingerprint density at radius 2 is 0.794 bits per heavy atom. The molecule has 3 aromatic carbocycles. The minimum absolute atomic E-state index is 0.270. The lowest BCUT2D eigenvalue weighted by molar-refractivity contribution is -0.129. The van der Waals surface area contributed by atoms with E-state index in [4.69, 9.17) is 14.2 Å². The van der Waals surface area contributed by atoms with E-state index in [1.807, 2.05) is 0 Å². The minimum atomic E-state index is -0.656. The van der Waals surface area contributed by atoms with E-state index in [0.29, 0.717) is 16.7 Å². The Morgan fingerprint density at radius 3 is 1.06 bits per heavy atom. The molecular formula is C28H22O6. The van der Waals surface area contributed by atoms with Gasteiger partial charge in [0.2, 0.25) is 0 Å². The summed E-state index contributed by atoms with van der Waals surface area (Å²) < 4.78 is 16.5. The predicted molar refractivity (Wildman–Crippen MR) is 128 cm³/mol. The lowest BCUT2D eigenvalue weighted by atomic mass is 9.83. The molecule has 34 heavy (non-hydrogen) atoms. The Kier molecular flexibility index (Phi) is 7.92. The maximum atomic E-state index is 12.0. The smallest absolute Gasteiger partial charge is 0.335 e. The van der Waals surface area contributed by atoms with E-state index >= 15 is 0 Å².